The van der Waals surface area contributed by atoms with E-state index in [4.69, 9.17) is 9.73 Å². The number of aliphatic imine (C=N–C) groups is 1. The van der Waals surface area contributed by atoms with E-state index >= 15 is 0 Å². The normalized spacial score (nSPS) is 20.1. The zero-order valence-corrected chi connectivity index (χ0v) is 21.7. The predicted molar refractivity (Wildman–Crippen MR) is 139 cm³/mol. The number of rotatable bonds is 8. The van der Waals surface area contributed by atoms with Crippen molar-refractivity contribution in [2.75, 3.05) is 19.7 Å². The number of aromatic nitrogens is 3. The van der Waals surface area contributed by atoms with E-state index < -0.39 is 0 Å². The fraction of sp³-hybridized carbons (Fsp3) is 0.625. The largest absolute Gasteiger partial charge is 0.373 e. The van der Waals surface area contributed by atoms with Crippen LogP contribution in [0.1, 0.15) is 68.4 Å². The molecule has 2 atom stereocenters. The minimum atomic E-state index is 0. The zero-order valence-electron chi connectivity index (χ0n) is 19.3. The fourth-order valence-electron chi connectivity index (χ4n) is 4.51. The summed E-state index contributed by atoms with van der Waals surface area (Å²) < 4.78 is 8.28. The first kappa shape index (κ1) is 25.0. The molecule has 0 saturated heterocycles. The van der Waals surface area contributed by atoms with Crippen molar-refractivity contribution in [1.29, 1.82) is 0 Å². The van der Waals surface area contributed by atoms with Crippen LogP contribution in [0.2, 0.25) is 0 Å². The van der Waals surface area contributed by atoms with Gasteiger partial charge in [0.2, 0.25) is 0 Å². The molecule has 176 valence electrons. The van der Waals surface area contributed by atoms with Crippen molar-refractivity contribution >= 4 is 29.9 Å². The van der Waals surface area contributed by atoms with Gasteiger partial charge in [-0.1, -0.05) is 31.2 Å². The first-order valence-corrected chi connectivity index (χ1v) is 11.9. The molecule has 2 aromatic rings. The molecule has 0 saturated carbocycles. The van der Waals surface area contributed by atoms with Crippen LogP contribution in [0, 0.1) is 0 Å². The molecule has 1 aromatic carbocycles. The van der Waals surface area contributed by atoms with Crippen molar-refractivity contribution in [2.45, 2.75) is 77.5 Å². The van der Waals surface area contributed by atoms with E-state index in [0.717, 1.165) is 76.0 Å². The van der Waals surface area contributed by atoms with E-state index in [1.165, 1.54) is 24.0 Å². The Morgan fingerprint density at radius 1 is 1.22 bits per heavy atom. The summed E-state index contributed by atoms with van der Waals surface area (Å²) in [5.74, 6) is 2.94. The van der Waals surface area contributed by atoms with Crippen LogP contribution in [-0.2, 0) is 30.5 Å². The molecule has 2 heterocycles. The summed E-state index contributed by atoms with van der Waals surface area (Å²) in [6.45, 7) is 7.40. The standard InChI is InChI=1S/C24H36N6O.HI/c1-3-22-28-23-14-13-19(17-30(23)29-22)27-24(25-4-2)26-15-8-16-31-21-12-7-10-18-9-5-6-11-20(18)21;/h5-6,9,11,19,21H,3-4,7-8,10,12-17H2,1-2H3,(H2,25,26,27);1H. The van der Waals surface area contributed by atoms with E-state index in [1.54, 1.807) is 0 Å². The van der Waals surface area contributed by atoms with Crippen LogP contribution in [-0.4, -0.2) is 46.5 Å². The van der Waals surface area contributed by atoms with Gasteiger partial charge in [0, 0.05) is 38.6 Å². The molecule has 0 bridgehead atoms. The summed E-state index contributed by atoms with van der Waals surface area (Å²) in [6.07, 6.45) is 7.57. The quantitative estimate of drug-likeness (QED) is 0.226. The van der Waals surface area contributed by atoms with Gasteiger partial charge >= 0.3 is 0 Å². The molecule has 4 rings (SSSR count). The van der Waals surface area contributed by atoms with Gasteiger partial charge in [-0.3, -0.25) is 4.99 Å². The third kappa shape index (κ3) is 6.43. The van der Waals surface area contributed by atoms with Gasteiger partial charge in [0.15, 0.2) is 11.8 Å². The third-order valence-corrected chi connectivity index (χ3v) is 6.11. The summed E-state index contributed by atoms with van der Waals surface area (Å²) in [7, 11) is 0. The fourth-order valence-corrected chi connectivity index (χ4v) is 4.51. The van der Waals surface area contributed by atoms with Crippen LogP contribution >= 0.6 is 24.0 Å². The molecule has 1 aliphatic carbocycles. The summed E-state index contributed by atoms with van der Waals surface area (Å²) in [6, 6.07) is 9.03. The highest BCUT2D eigenvalue weighted by Crippen LogP contribution is 2.32. The van der Waals surface area contributed by atoms with E-state index in [2.05, 4.69) is 63.5 Å². The molecule has 1 aliphatic heterocycles. The molecule has 8 heteroatoms. The van der Waals surface area contributed by atoms with Gasteiger partial charge < -0.3 is 15.4 Å². The van der Waals surface area contributed by atoms with E-state index in [1.807, 2.05) is 0 Å². The number of hydrogen-bond acceptors (Lipinski definition) is 4. The Hall–Kier alpha value is -1.68. The molecule has 7 nitrogen and oxygen atoms in total. The van der Waals surface area contributed by atoms with Crippen molar-refractivity contribution in [3.05, 3.63) is 47.0 Å². The number of hydrogen-bond donors (Lipinski definition) is 2. The molecule has 0 amide bonds. The van der Waals surface area contributed by atoms with Crippen molar-refractivity contribution < 1.29 is 4.74 Å². The monoisotopic (exact) mass is 552 g/mol. The van der Waals surface area contributed by atoms with Crippen molar-refractivity contribution in [3.8, 4) is 0 Å². The molecule has 0 spiro atoms. The van der Waals surface area contributed by atoms with Gasteiger partial charge in [-0.25, -0.2) is 9.67 Å². The lowest BCUT2D eigenvalue weighted by atomic mass is 9.89. The van der Waals surface area contributed by atoms with E-state index in [-0.39, 0.29) is 30.1 Å². The second-order valence-corrected chi connectivity index (χ2v) is 8.42. The Balaban J connectivity index is 0.00000289. The zero-order chi connectivity index (χ0) is 21.5. The Kier molecular flexibility index (Phi) is 9.77. The maximum absolute atomic E-state index is 6.22. The SMILES string of the molecule is CCNC(=NCCCOC1CCCc2ccccc21)NC1CCc2nc(CC)nn2C1.I. The highest BCUT2D eigenvalue weighted by Gasteiger charge is 2.22. The number of halogens is 1. The number of benzene rings is 1. The van der Waals surface area contributed by atoms with E-state index in [9.17, 15) is 0 Å². The summed E-state index contributed by atoms with van der Waals surface area (Å²) in [5.41, 5.74) is 2.83. The Morgan fingerprint density at radius 2 is 2.09 bits per heavy atom. The van der Waals surface area contributed by atoms with Gasteiger partial charge in [0.25, 0.3) is 0 Å². The lowest BCUT2D eigenvalue weighted by molar-refractivity contribution is 0.0403. The van der Waals surface area contributed by atoms with Crippen molar-refractivity contribution in [2.24, 2.45) is 4.99 Å². The number of nitrogens with zero attached hydrogens (tertiary/aromatic N) is 4. The lowest BCUT2D eigenvalue weighted by Gasteiger charge is -2.26. The van der Waals surface area contributed by atoms with Crippen molar-refractivity contribution in [1.82, 2.24) is 25.4 Å². The Labute approximate surface area is 208 Å². The highest BCUT2D eigenvalue weighted by atomic mass is 127. The average Bonchev–Trinajstić information content (AvgIpc) is 3.21. The molecule has 0 fully saturated rings. The highest BCUT2D eigenvalue weighted by molar-refractivity contribution is 14.0. The molecule has 0 radical (unpaired) electrons. The maximum Gasteiger partial charge on any atom is 0.191 e. The first-order valence-electron chi connectivity index (χ1n) is 11.9. The van der Waals surface area contributed by atoms with Crippen LogP contribution in [0.5, 0.6) is 0 Å². The molecule has 1 aromatic heterocycles. The van der Waals surface area contributed by atoms with Crippen LogP contribution in [0.4, 0.5) is 0 Å². The van der Waals surface area contributed by atoms with Gasteiger partial charge in [0.05, 0.1) is 12.6 Å². The molecule has 2 N–H and O–H groups in total. The smallest absolute Gasteiger partial charge is 0.191 e. The Morgan fingerprint density at radius 3 is 2.94 bits per heavy atom. The molecule has 32 heavy (non-hydrogen) atoms. The molecular weight excluding hydrogens is 515 g/mol. The third-order valence-electron chi connectivity index (χ3n) is 6.11. The molecule has 2 unspecified atom stereocenters. The lowest BCUT2D eigenvalue weighted by Crippen LogP contribution is -2.47. The second kappa shape index (κ2) is 12.5. The minimum absolute atomic E-state index is 0. The van der Waals surface area contributed by atoms with Crippen LogP contribution in [0.25, 0.3) is 0 Å². The van der Waals surface area contributed by atoms with Gasteiger partial charge in [-0.05, 0) is 50.2 Å². The van der Waals surface area contributed by atoms with Crippen LogP contribution in [0.15, 0.2) is 29.3 Å². The van der Waals surface area contributed by atoms with Crippen LogP contribution < -0.4 is 10.6 Å². The number of ether oxygens (including phenoxy) is 1. The van der Waals surface area contributed by atoms with Gasteiger partial charge in [-0.2, -0.15) is 5.10 Å². The Bertz CT molecular complexity index is 883. The topological polar surface area (TPSA) is 76.4 Å². The average molecular weight is 553 g/mol. The molecule has 2 aliphatic rings. The number of guanidine groups is 1. The van der Waals surface area contributed by atoms with E-state index in [0.29, 0.717) is 6.04 Å². The predicted octanol–water partition coefficient (Wildman–Crippen LogP) is 3.81. The second-order valence-electron chi connectivity index (χ2n) is 8.42. The first-order chi connectivity index (χ1) is 15.3. The van der Waals surface area contributed by atoms with Gasteiger partial charge in [-0.15, -0.1) is 24.0 Å². The van der Waals surface area contributed by atoms with Crippen molar-refractivity contribution in [3.63, 3.8) is 0 Å². The number of fused-ring (bicyclic) bond motifs is 2. The number of nitrogens with one attached hydrogen (secondary N) is 2. The maximum atomic E-state index is 6.22. The summed E-state index contributed by atoms with van der Waals surface area (Å²) >= 11 is 0. The summed E-state index contributed by atoms with van der Waals surface area (Å²) in [5, 5.41) is 11.6. The molecular formula is C24H37IN6O. The minimum Gasteiger partial charge on any atom is -0.373 e. The van der Waals surface area contributed by atoms with Crippen LogP contribution in [0.3, 0.4) is 0 Å². The number of aryl methyl sites for hydroxylation is 3. The summed E-state index contributed by atoms with van der Waals surface area (Å²) in [4.78, 5) is 9.39. The van der Waals surface area contributed by atoms with Gasteiger partial charge in [0.1, 0.15) is 5.82 Å².